The molecule has 0 spiro atoms. The Bertz CT molecular complexity index is 3170. The molecular formula is C53H65BCl3F2N13O13. The number of aliphatic hydroxyl groups excluding tert-OH is 2. The number of nitrogens with two attached hydrogens (primary N) is 1. The number of aromatic nitrogens is 8. The molecule has 85 heavy (non-hydrogen) atoms. The van der Waals surface area contributed by atoms with E-state index in [2.05, 4.69) is 46.4 Å². The summed E-state index contributed by atoms with van der Waals surface area (Å²) >= 11 is 17.2. The molecule has 0 aliphatic carbocycles. The molecule has 4 atom stereocenters. The smallest absolute Gasteiger partial charge is 0.336 e. The van der Waals surface area contributed by atoms with Crippen LogP contribution in [0.15, 0.2) is 84.9 Å². The van der Waals surface area contributed by atoms with E-state index in [0.29, 0.717) is 49.7 Å². The van der Waals surface area contributed by atoms with Gasteiger partial charge in [0.2, 0.25) is 6.73 Å². The molecule has 0 fully saturated rings. The second kappa shape index (κ2) is 34.4. The van der Waals surface area contributed by atoms with Crippen molar-refractivity contribution >= 4 is 77.4 Å². The highest BCUT2D eigenvalue weighted by Crippen LogP contribution is 2.28. The fourth-order valence-corrected chi connectivity index (χ4v) is 7.83. The van der Waals surface area contributed by atoms with E-state index >= 15 is 0 Å². The van der Waals surface area contributed by atoms with Gasteiger partial charge in [-0.3, -0.25) is 30.0 Å². The molecule has 4 aromatic carbocycles. The standard InChI is InChI=1S/C26H31ClFN7O6.C19H18ClFN6O4.C8H16BClO3/c1-4-40-25(38)21(36)13-34(12-16-5-7-17(8-6-16)19-11-18(27)9-10-20(19)28)32-24(37)23-30-33-35(31-23)14-41-26(39)22(29)15(2)3;1-26-23-17(22-25-26)18(29)24-27(10-16(28)19(30)31)9-11-2-4-12(5-3-11)14-8-13(20)6-7-15(14)21;1-6(2)7(4-9(3)12)8(11)13-5-10/h5-11,15,21-22,36H,4,12-14,29H2,1-3H3,(H,32,37);2-8,16,28H,9-10H2,1H3,(H,24,29)(H,30,31);6-7,12H,4-5H2,1-3H3/t21-,22+;16-;7-/m110/s1. The molecule has 26 nitrogen and oxygen atoms in total. The van der Waals surface area contributed by atoms with Crippen molar-refractivity contribution in [2.24, 2.45) is 30.5 Å². The van der Waals surface area contributed by atoms with Crippen molar-refractivity contribution in [2.75, 3.05) is 25.8 Å². The zero-order valence-electron chi connectivity index (χ0n) is 47.2. The van der Waals surface area contributed by atoms with E-state index in [-0.39, 0.29) is 67.7 Å². The molecule has 0 aliphatic rings. The molecule has 6 rings (SSSR count). The third kappa shape index (κ3) is 23.1. The van der Waals surface area contributed by atoms with Gasteiger partial charge in [0.15, 0.2) is 18.3 Å². The number of hydrogen-bond acceptors (Lipinski definition) is 21. The van der Waals surface area contributed by atoms with Crippen LogP contribution in [0.1, 0.15) is 67.0 Å². The summed E-state index contributed by atoms with van der Waals surface area (Å²) in [7, 11) is 1.49. The molecule has 32 heteroatoms. The van der Waals surface area contributed by atoms with E-state index in [1.807, 2.05) is 13.8 Å². The Hall–Kier alpha value is -7.61. The number of aryl methyl sites for hydroxylation is 1. The molecule has 0 radical (unpaired) electrons. The van der Waals surface area contributed by atoms with Gasteiger partial charge in [0.25, 0.3) is 18.6 Å². The second-order valence-corrected chi connectivity index (χ2v) is 20.5. The maximum Gasteiger partial charge on any atom is 0.336 e. The van der Waals surface area contributed by atoms with Crippen LogP contribution >= 0.6 is 34.8 Å². The Morgan fingerprint density at radius 2 is 1.18 bits per heavy atom. The minimum absolute atomic E-state index is 0.0271. The van der Waals surface area contributed by atoms with Gasteiger partial charge in [0.05, 0.1) is 32.7 Å². The Morgan fingerprint density at radius 3 is 1.60 bits per heavy atom. The maximum atomic E-state index is 14.3. The summed E-state index contributed by atoms with van der Waals surface area (Å²) < 4.78 is 42.9. The van der Waals surface area contributed by atoms with Crippen molar-refractivity contribution < 1.29 is 72.1 Å². The quantitative estimate of drug-likeness (QED) is 0.0129. The number of carboxylic acid groups (broad SMARTS) is 1. The topological polar surface area (TPSA) is 355 Å². The fourth-order valence-electron chi connectivity index (χ4n) is 7.38. The number of carboxylic acids is 1. The number of esters is 3. The fraction of sp³-hybridized carbons (Fsp3) is 0.396. The number of carbonyl (C=O) groups is 6. The number of alkyl halides is 1. The van der Waals surface area contributed by atoms with Crippen LogP contribution in [0, 0.1) is 29.4 Å². The van der Waals surface area contributed by atoms with Crippen molar-refractivity contribution in [3.8, 4) is 22.3 Å². The van der Waals surface area contributed by atoms with Gasteiger partial charge < -0.3 is 40.3 Å². The van der Waals surface area contributed by atoms with Crippen LogP contribution in [0.4, 0.5) is 8.78 Å². The summed E-state index contributed by atoms with van der Waals surface area (Å²) in [5.74, 6) is -6.52. The second-order valence-electron chi connectivity index (χ2n) is 19.4. The zero-order chi connectivity index (χ0) is 63.1. The number of tetrazole rings is 2. The number of hydrogen-bond donors (Lipinski definition) is 7. The van der Waals surface area contributed by atoms with Gasteiger partial charge in [-0.2, -0.15) is 4.80 Å². The Balaban J connectivity index is 0.000000309. The van der Waals surface area contributed by atoms with Gasteiger partial charge in [0.1, 0.15) is 17.7 Å². The van der Waals surface area contributed by atoms with Crippen LogP contribution < -0.4 is 16.6 Å². The summed E-state index contributed by atoms with van der Waals surface area (Å²) in [6, 6.07) is 20.9. The van der Waals surface area contributed by atoms with Crippen molar-refractivity contribution in [1.82, 2.24) is 61.3 Å². The molecule has 6 aromatic rings. The summed E-state index contributed by atoms with van der Waals surface area (Å²) in [5, 5.41) is 63.6. The number of carbonyl (C=O) groups excluding carboxylic acids is 5. The molecule has 8 N–H and O–H groups in total. The summed E-state index contributed by atoms with van der Waals surface area (Å²) in [6.07, 6.45) is -2.90. The lowest BCUT2D eigenvalue weighted by atomic mass is 9.62. The Morgan fingerprint density at radius 1 is 0.694 bits per heavy atom. The van der Waals surface area contributed by atoms with Gasteiger partial charge in [-0.15, -0.1) is 25.2 Å². The maximum absolute atomic E-state index is 14.3. The number of ether oxygens (including phenoxy) is 3. The molecule has 0 bridgehead atoms. The lowest BCUT2D eigenvalue weighted by Gasteiger charge is -2.24. The predicted molar refractivity (Wildman–Crippen MR) is 305 cm³/mol. The van der Waals surface area contributed by atoms with Crippen molar-refractivity contribution in [2.45, 2.75) is 85.8 Å². The molecule has 0 aliphatic heterocycles. The van der Waals surface area contributed by atoms with Gasteiger partial charge in [0, 0.05) is 34.3 Å². The zero-order valence-corrected chi connectivity index (χ0v) is 49.5. The highest BCUT2D eigenvalue weighted by atomic mass is 35.5. The molecule has 2 aromatic heterocycles. The number of hydrazine groups is 2. The predicted octanol–water partition coefficient (Wildman–Crippen LogP) is 4.56. The lowest BCUT2D eigenvalue weighted by molar-refractivity contribution is -0.154. The number of nitrogens with zero attached hydrogens (tertiary/aromatic N) is 10. The molecular weight excluding hydrogens is 1180 g/mol. The van der Waals surface area contributed by atoms with E-state index in [0.717, 1.165) is 9.59 Å². The molecule has 2 heterocycles. The SMILES string of the molecule is CB(O)C[C@H](C(=O)OCCl)C(C)C.CCOC(=O)[C@H](O)CN(Cc1ccc(-c2cc(Cl)ccc2F)cc1)NC(=O)c1nnn(COC(=O)[C@@H](N)C(C)C)n1.Cn1nnc(C(=O)NN(Cc2ccc(-c3cc(Cl)ccc3F)cc2)C[C@@H](O)C(=O)O)n1. The minimum Gasteiger partial charge on any atom is -0.479 e. The van der Waals surface area contributed by atoms with Gasteiger partial charge in [-0.25, -0.2) is 28.4 Å². The van der Waals surface area contributed by atoms with Crippen LogP contribution in [0.25, 0.3) is 22.3 Å². The third-order valence-electron chi connectivity index (χ3n) is 11.9. The average molecular weight is 1250 g/mol. The normalized spacial score (nSPS) is 12.5. The van der Waals surface area contributed by atoms with E-state index in [1.54, 1.807) is 76.1 Å². The third-order valence-corrected chi connectivity index (χ3v) is 12.4. The first-order valence-electron chi connectivity index (χ1n) is 26.0. The minimum atomic E-state index is -1.74. The summed E-state index contributed by atoms with van der Waals surface area (Å²) in [4.78, 5) is 73.5. The Kier molecular flexibility index (Phi) is 28.3. The van der Waals surface area contributed by atoms with E-state index in [1.165, 1.54) is 53.5 Å². The lowest BCUT2D eigenvalue weighted by Crippen LogP contribution is -2.47. The van der Waals surface area contributed by atoms with Crippen LogP contribution in [0.3, 0.4) is 0 Å². The largest absolute Gasteiger partial charge is 0.479 e. The van der Waals surface area contributed by atoms with Crippen LogP contribution in [0.5, 0.6) is 0 Å². The average Bonchev–Trinajstić information content (AvgIpc) is 4.33. The Labute approximate surface area is 502 Å². The molecule has 0 unspecified atom stereocenters. The van der Waals surface area contributed by atoms with Crippen LogP contribution in [-0.2, 0) is 60.3 Å². The number of aliphatic carboxylic acids is 1. The number of nitrogens with one attached hydrogen (secondary N) is 2. The number of benzene rings is 4. The first-order valence-corrected chi connectivity index (χ1v) is 27.3. The van der Waals surface area contributed by atoms with E-state index in [9.17, 15) is 47.8 Å². The van der Waals surface area contributed by atoms with Crippen molar-refractivity contribution in [1.29, 1.82) is 0 Å². The van der Waals surface area contributed by atoms with Crippen LogP contribution in [0.2, 0.25) is 23.2 Å². The van der Waals surface area contributed by atoms with Gasteiger partial charge in [-0.1, -0.05) is 118 Å². The summed E-state index contributed by atoms with van der Waals surface area (Å²) in [6.45, 7) is 9.11. The molecule has 2 amide bonds. The highest BCUT2D eigenvalue weighted by Gasteiger charge is 2.28. The van der Waals surface area contributed by atoms with Crippen molar-refractivity contribution in [3.05, 3.63) is 129 Å². The number of amides is 2. The van der Waals surface area contributed by atoms with E-state index in [4.69, 9.17) is 60.1 Å². The van der Waals surface area contributed by atoms with Crippen LogP contribution in [-0.4, -0.2) is 157 Å². The molecule has 0 saturated heterocycles. The highest BCUT2D eigenvalue weighted by molar-refractivity contribution is 6.49. The molecule has 0 saturated carbocycles. The summed E-state index contributed by atoms with van der Waals surface area (Å²) in [5.41, 5.74) is 13.9. The number of aliphatic hydroxyl groups is 2. The first kappa shape index (κ1) is 69.9. The first-order chi connectivity index (χ1) is 40.2. The number of halogens is 5. The number of rotatable bonds is 26. The molecule has 458 valence electrons. The van der Waals surface area contributed by atoms with E-state index < -0.39 is 79.8 Å². The van der Waals surface area contributed by atoms with Gasteiger partial charge in [-0.05, 0) is 94.2 Å². The van der Waals surface area contributed by atoms with Gasteiger partial charge >= 0.3 is 35.7 Å². The monoisotopic (exact) mass is 1250 g/mol. The van der Waals surface area contributed by atoms with Crippen molar-refractivity contribution in [3.63, 3.8) is 0 Å².